The topological polar surface area (TPSA) is 87.3 Å². The van der Waals surface area contributed by atoms with Crippen LogP contribution in [0.2, 0.25) is 0 Å². The maximum absolute atomic E-state index is 12.9. The van der Waals surface area contributed by atoms with Crippen molar-refractivity contribution in [3.63, 3.8) is 0 Å². The predicted octanol–water partition coefficient (Wildman–Crippen LogP) is 4.26. The Bertz CT molecular complexity index is 954. The van der Waals surface area contributed by atoms with Crippen molar-refractivity contribution in [1.29, 1.82) is 0 Å². The summed E-state index contributed by atoms with van der Waals surface area (Å²) in [6.07, 6.45) is -10.2. The summed E-state index contributed by atoms with van der Waals surface area (Å²) in [5.41, 5.74) is -3.80. The number of rotatable bonds is 3. The molecule has 0 saturated heterocycles. The van der Waals surface area contributed by atoms with Crippen LogP contribution in [-0.2, 0) is 26.7 Å². The molecule has 0 radical (unpaired) electrons. The summed E-state index contributed by atoms with van der Waals surface area (Å²) in [7, 11) is 0. The molecule has 0 aliphatic carbocycles. The molecule has 0 atom stereocenters. The van der Waals surface area contributed by atoms with Crippen molar-refractivity contribution in [3.05, 3.63) is 53.6 Å². The second-order valence-electron chi connectivity index (χ2n) is 5.96. The highest BCUT2D eigenvalue weighted by atomic mass is 19.4. The van der Waals surface area contributed by atoms with Gasteiger partial charge in [0.1, 0.15) is 0 Å². The van der Waals surface area contributed by atoms with Crippen molar-refractivity contribution in [2.75, 3.05) is 16.0 Å². The number of halogens is 6. The maximum atomic E-state index is 12.9. The molecule has 30 heavy (non-hydrogen) atoms. The van der Waals surface area contributed by atoms with Crippen LogP contribution < -0.4 is 16.0 Å². The van der Waals surface area contributed by atoms with Crippen molar-refractivity contribution < 1.29 is 40.7 Å². The van der Waals surface area contributed by atoms with Gasteiger partial charge in [-0.25, -0.2) is 0 Å². The van der Waals surface area contributed by atoms with Crippen LogP contribution in [0.15, 0.2) is 42.5 Å². The van der Waals surface area contributed by atoms with Gasteiger partial charge in [-0.1, -0.05) is 6.07 Å². The average Bonchev–Trinajstić information content (AvgIpc) is 2.59. The molecular weight excluding hydrogens is 420 g/mol. The van der Waals surface area contributed by atoms with Crippen molar-refractivity contribution in [1.82, 2.24) is 0 Å². The Hall–Kier alpha value is -3.57. The van der Waals surface area contributed by atoms with E-state index in [4.69, 9.17) is 0 Å². The summed E-state index contributed by atoms with van der Waals surface area (Å²) >= 11 is 0. The number of nitrogens with one attached hydrogen (secondary N) is 3. The van der Waals surface area contributed by atoms with Crippen LogP contribution in [0.25, 0.3) is 0 Å². The molecule has 0 unspecified atom stereocenters. The Morgan fingerprint density at radius 3 is 1.53 bits per heavy atom. The molecule has 160 valence electrons. The Labute approximate surface area is 165 Å². The fourth-order valence-electron chi connectivity index (χ4n) is 2.28. The zero-order valence-corrected chi connectivity index (χ0v) is 15.0. The number of hydrogen-bond acceptors (Lipinski definition) is 3. The van der Waals surface area contributed by atoms with Crippen molar-refractivity contribution >= 4 is 34.8 Å². The van der Waals surface area contributed by atoms with Crippen LogP contribution in [0.5, 0.6) is 0 Å². The highest BCUT2D eigenvalue weighted by molar-refractivity contribution is 6.43. The lowest BCUT2D eigenvalue weighted by atomic mass is 10.1. The fraction of sp³-hybridized carbons (Fsp3) is 0.167. The third-order valence-corrected chi connectivity index (χ3v) is 3.49. The molecule has 2 aromatic carbocycles. The summed E-state index contributed by atoms with van der Waals surface area (Å²) in [5.74, 6) is -3.24. The first-order valence-corrected chi connectivity index (χ1v) is 8.05. The third-order valence-electron chi connectivity index (χ3n) is 3.49. The molecule has 3 N–H and O–H groups in total. The van der Waals surface area contributed by atoms with E-state index < -0.39 is 46.9 Å². The van der Waals surface area contributed by atoms with Gasteiger partial charge in [0.25, 0.3) is 0 Å². The van der Waals surface area contributed by atoms with E-state index >= 15 is 0 Å². The summed E-state index contributed by atoms with van der Waals surface area (Å²) in [6.45, 7) is 1.24. The van der Waals surface area contributed by atoms with E-state index in [9.17, 15) is 40.7 Å². The first-order chi connectivity index (χ1) is 13.8. The second kappa shape index (κ2) is 8.43. The zero-order chi connectivity index (χ0) is 22.7. The Morgan fingerprint density at radius 1 is 0.667 bits per heavy atom. The summed E-state index contributed by atoms with van der Waals surface area (Å²) in [4.78, 5) is 34.9. The number of amides is 3. The van der Waals surface area contributed by atoms with E-state index in [2.05, 4.69) is 10.6 Å². The number of anilines is 3. The quantitative estimate of drug-likeness (QED) is 0.500. The van der Waals surface area contributed by atoms with Gasteiger partial charge in [0.2, 0.25) is 5.91 Å². The molecule has 12 heteroatoms. The van der Waals surface area contributed by atoms with Gasteiger partial charge < -0.3 is 16.0 Å². The first-order valence-electron chi connectivity index (χ1n) is 8.05. The van der Waals surface area contributed by atoms with Gasteiger partial charge in [0, 0.05) is 24.0 Å². The normalized spacial score (nSPS) is 11.6. The molecule has 0 aromatic heterocycles. The third kappa shape index (κ3) is 6.22. The molecule has 0 aliphatic rings. The van der Waals surface area contributed by atoms with E-state index in [1.54, 1.807) is 5.32 Å². The molecule has 0 bridgehead atoms. The van der Waals surface area contributed by atoms with Crippen LogP contribution in [0.4, 0.5) is 43.4 Å². The monoisotopic (exact) mass is 433 g/mol. The van der Waals surface area contributed by atoms with Crippen LogP contribution in [0.3, 0.4) is 0 Å². The van der Waals surface area contributed by atoms with Gasteiger partial charge in [-0.3, -0.25) is 14.4 Å². The van der Waals surface area contributed by atoms with E-state index in [1.807, 2.05) is 0 Å². The van der Waals surface area contributed by atoms with Crippen LogP contribution in [0, 0.1) is 0 Å². The fourth-order valence-corrected chi connectivity index (χ4v) is 2.28. The molecule has 0 fully saturated rings. The van der Waals surface area contributed by atoms with Crippen molar-refractivity contribution in [2.45, 2.75) is 19.3 Å². The van der Waals surface area contributed by atoms with Gasteiger partial charge in [0.05, 0.1) is 11.1 Å². The Morgan fingerprint density at radius 2 is 1.10 bits per heavy atom. The van der Waals surface area contributed by atoms with E-state index in [-0.39, 0.29) is 29.6 Å². The minimum atomic E-state index is -5.10. The SMILES string of the molecule is CC(=O)Nc1cccc(NC(=O)C(=O)Nc2cc(C(F)(F)F)cc(C(F)(F)F)c2)c1. The van der Waals surface area contributed by atoms with Gasteiger partial charge >= 0.3 is 24.2 Å². The maximum Gasteiger partial charge on any atom is 0.416 e. The number of benzene rings is 2. The Balaban J connectivity index is 2.21. The second-order valence-corrected chi connectivity index (χ2v) is 5.96. The summed E-state index contributed by atoms with van der Waals surface area (Å²) in [6, 6.07) is 6.00. The van der Waals surface area contributed by atoms with Crippen LogP contribution >= 0.6 is 0 Å². The molecule has 0 spiro atoms. The van der Waals surface area contributed by atoms with Crippen LogP contribution in [0.1, 0.15) is 18.1 Å². The average molecular weight is 433 g/mol. The van der Waals surface area contributed by atoms with Gasteiger partial charge in [-0.15, -0.1) is 0 Å². The molecule has 2 rings (SSSR count). The largest absolute Gasteiger partial charge is 0.416 e. The molecule has 6 nitrogen and oxygen atoms in total. The lowest BCUT2D eigenvalue weighted by Gasteiger charge is -2.14. The van der Waals surface area contributed by atoms with Gasteiger partial charge in [0.15, 0.2) is 0 Å². The standard InChI is InChI=1S/C18H13F6N3O3/c1-9(28)25-12-3-2-4-13(8-12)26-15(29)16(30)27-14-6-10(17(19,20)21)5-11(7-14)18(22,23)24/h2-8H,1H3,(H,25,28)(H,26,29)(H,27,30). The molecular formula is C18H13F6N3O3. The number of hydrogen-bond donors (Lipinski definition) is 3. The predicted molar refractivity (Wildman–Crippen MR) is 94.5 cm³/mol. The van der Waals surface area contributed by atoms with E-state index in [0.29, 0.717) is 0 Å². The minimum Gasteiger partial charge on any atom is -0.326 e. The molecule has 0 saturated carbocycles. The number of alkyl halides is 6. The molecule has 0 aliphatic heterocycles. The van der Waals surface area contributed by atoms with Gasteiger partial charge in [-0.05, 0) is 36.4 Å². The smallest absolute Gasteiger partial charge is 0.326 e. The highest BCUT2D eigenvalue weighted by Crippen LogP contribution is 2.37. The van der Waals surface area contributed by atoms with Crippen molar-refractivity contribution in [3.8, 4) is 0 Å². The van der Waals surface area contributed by atoms with E-state index in [0.717, 1.165) is 0 Å². The number of carbonyl (C=O) groups excluding carboxylic acids is 3. The molecule has 3 amide bonds. The number of carbonyl (C=O) groups is 3. The van der Waals surface area contributed by atoms with Crippen molar-refractivity contribution in [2.24, 2.45) is 0 Å². The molecule has 0 heterocycles. The summed E-state index contributed by atoms with van der Waals surface area (Å²) < 4.78 is 77.2. The van der Waals surface area contributed by atoms with Gasteiger partial charge in [-0.2, -0.15) is 26.3 Å². The lowest BCUT2D eigenvalue weighted by Crippen LogP contribution is -2.29. The molecule has 2 aromatic rings. The zero-order valence-electron chi connectivity index (χ0n) is 15.0. The first kappa shape index (κ1) is 22.7. The lowest BCUT2D eigenvalue weighted by molar-refractivity contribution is -0.143. The Kier molecular flexibility index (Phi) is 6.38. The van der Waals surface area contributed by atoms with E-state index in [1.165, 1.54) is 31.2 Å². The van der Waals surface area contributed by atoms with Crippen LogP contribution in [-0.4, -0.2) is 17.7 Å². The minimum absolute atomic E-state index is 0.0569. The summed E-state index contributed by atoms with van der Waals surface area (Å²) in [5, 5.41) is 6.26. The highest BCUT2D eigenvalue weighted by Gasteiger charge is 2.37.